The second kappa shape index (κ2) is 6.15. The minimum absolute atomic E-state index is 0.226. The molecule has 104 valence electrons. The van der Waals surface area contributed by atoms with Crippen LogP contribution in [0, 0.1) is 18.7 Å². The summed E-state index contributed by atoms with van der Waals surface area (Å²) in [6.07, 6.45) is 2.90. The average Bonchev–Trinajstić information content (AvgIpc) is 2.42. The second-order valence-corrected chi connectivity index (χ2v) is 5.17. The van der Waals surface area contributed by atoms with E-state index in [1.54, 1.807) is 13.0 Å². The van der Waals surface area contributed by atoms with Crippen LogP contribution in [0.2, 0.25) is 0 Å². The van der Waals surface area contributed by atoms with Crippen LogP contribution in [0.4, 0.5) is 4.39 Å². The summed E-state index contributed by atoms with van der Waals surface area (Å²) in [6, 6.07) is 3.07. The summed E-state index contributed by atoms with van der Waals surface area (Å²) in [4.78, 5) is 11.6. The van der Waals surface area contributed by atoms with Crippen LogP contribution in [-0.4, -0.2) is 26.2 Å². The Balaban J connectivity index is 2.21. The highest BCUT2D eigenvalue weighted by molar-refractivity contribution is 5.91. The zero-order valence-corrected chi connectivity index (χ0v) is 11.5. The minimum Gasteiger partial charge on any atom is -0.465 e. The average molecular weight is 265 g/mol. The van der Waals surface area contributed by atoms with Crippen LogP contribution < -0.4 is 5.32 Å². The van der Waals surface area contributed by atoms with Crippen LogP contribution in [0.25, 0.3) is 0 Å². The number of carbonyl (C=O) groups excluding carboxylic acids is 1. The van der Waals surface area contributed by atoms with Gasteiger partial charge in [0.05, 0.1) is 12.7 Å². The molecule has 1 saturated heterocycles. The first-order valence-electron chi connectivity index (χ1n) is 6.70. The lowest BCUT2D eigenvalue weighted by molar-refractivity contribution is 0.0599. The van der Waals surface area contributed by atoms with Crippen LogP contribution in [0.1, 0.15) is 34.3 Å². The van der Waals surface area contributed by atoms with Crippen molar-refractivity contribution >= 4 is 5.97 Å². The number of carbonyl (C=O) groups is 1. The maximum absolute atomic E-state index is 14.0. The van der Waals surface area contributed by atoms with Crippen molar-refractivity contribution in [3.8, 4) is 0 Å². The third-order valence-electron chi connectivity index (χ3n) is 3.71. The lowest BCUT2D eigenvalue weighted by Gasteiger charge is -2.23. The van der Waals surface area contributed by atoms with Crippen molar-refractivity contribution in [3.05, 3.63) is 34.6 Å². The lowest BCUT2D eigenvalue weighted by Crippen LogP contribution is -2.31. The van der Waals surface area contributed by atoms with E-state index in [4.69, 9.17) is 4.74 Å². The van der Waals surface area contributed by atoms with Gasteiger partial charge in [-0.05, 0) is 68.5 Å². The van der Waals surface area contributed by atoms with E-state index >= 15 is 0 Å². The SMILES string of the molecule is COC(=O)c1cc(CC2CCCNC2)c(F)cc1C. The van der Waals surface area contributed by atoms with Crippen molar-refractivity contribution in [2.45, 2.75) is 26.2 Å². The smallest absolute Gasteiger partial charge is 0.338 e. The summed E-state index contributed by atoms with van der Waals surface area (Å²) in [5, 5.41) is 3.32. The van der Waals surface area contributed by atoms with E-state index in [0.29, 0.717) is 29.0 Å². The van der Waals surface area contributed by atoms with E-state index in [-0.39, 0.29) is 5.82 Å². The van der Waals surface area contributed by atoms with Gasteiger partial charge in [-0.25, -0.2) is 9.18 Å². The predicted molar refractivity (Wildman–Crippen MR) is 71.8 cm³/mol. The lowest BCUT2D eigenvalue weighted by atomic mass is 9.90. The van der Waals surface area contributed by atoms with Crippen molar-refractivity contribution in [3.63, 3.8) is 0 Å². The van der Waals surface area contributed by atoms with E-state index in [0.717, 1.165) is 25.9 Å². The fraction of sp³-hybridized carbons (Fsp3) is 0.533. The Bertz CT molecular complexity index is 467. The van der Waals surface area contributed by atoms with E-state index < -0.39 is 5.97 Å². The molecule has 0 amide bonds. The highest BCUT2D eigenvalue weighted by Gasteiger charge is 2.18. The molecular formula is C15H20FNO2. The van der Waals surface area contributed by atoms with E-state index in [9.17, 15) is 9.18 Å². The molecule has 4 heteroatoms. The van der Waals surface area contributed by atoms with Gasteiger partial charge in [0, 0.05) is 0 Å². The van der Waals surface area contributed by atoms with Gasteiger partial charge in [-0.3, -0.25) is 0 Å². The Hall–Kier alpha value is -1.42. The minimum atomic E-state index is -0.402. The van der Waals surface area contributed by atoms with E-state index in [2.05, 4.69) is 5.32 Å². The number of hydrogen-bond donors (Lipinski definition) is 1. The molecule has 1 aliphatic rings. The van der Waals surface area contributed by atoms with Gasteiger partial charge in [0.25, 0.3) is 0 Å². The molecule has 1 heterocycles. The normalized spacial score (nSPS) is 19.2. The monoisotopic (exact) mass is 265 g/mol. The standard InChI is InChI=1S/C15H20FNO2/c1-10-6-14(16)12(8-13(10)15(18)19-2)7-11-4-3-5-17-9-11/h6,8,11,17H,3-5,7,9H2,1-2H3. The third-order valence-corrected chi connectivity index (χ3v) is 3.71. The molecule has 1 aliphatic heterocycles. The summed E-state index contributed by atoms with van der Waals surface area (Å²) in [5.74, 6) is -0.187. The molecule has 0 spiro atoms. The fourth-order valence-corrected chi connectivity index (χ4v) is 2.61. The Morgan fingerprint density at radius 2 is 2.32 bits per heavy atom. The first kappa shape index (κ1) is 14.0. The number of methoxy groups -OCH3 is 1. The van der Waals surface area contributed by atoms with Crippen LogP contribution in [-0.2, 0) is 11.2 Å². The quantitative estimate of drug-likeness (QED) is 0.853. The van der Waals surface area contributed by atoms with Gasteiger partial charge in [0.1, 0.15) is 5.82 Å². The summed E-state index contributed by atoms with van der Waals surface area (Å²) in [5.41, 5.74) is 1.69. The molecule has 0 aliphatic carbocycles. The van der Waals surface area contributed by atoms with Crippen LogP contribution in [0.3, 0.4) is 0 Å². The Kier molecular flexibility index (Phi) is 4.53. The van der Waals surface area contributed by atoms with Crippen molar-refractivity contribution in [2.24, 2.45) is 5.92 Å². The first-order chi connectivity index (χ1) is 9.11. The molecule has 0 radical (unpaired) electrons. The maximum Gasteiger partial charge on any atom is 0.338 e. The number of aryl methyl sites for hydroxylation is 1. The van der Waals surface area contributed by atoms with Gasteiger partial charge >= 0.3 is 5.97 Å². The molecule has 1 unspecified atom stereocenters. The summed E-state index contributed by atoms with van der Waals surface area (Å²) in [7, 11) is 1.34. The third kappa shape index (κ3) is 3.32. The van der Waals surface area contributed by atoms with Crippen LogP contribution in [0.15, 0.2) is 12.1 Å². The topological polar surface area (TPSA) is 38.3 Å². The van der Waals surface area contributed by atoms with Crippen LogP contribution in [0.5, 0.6) is 0 Å². The number of esters is 1. The van der Waals surface area contributed by atoms with Crippen molar-refractivity contribution in [1.82, 2.24) is 5.32 Å². The van der Waals surface area contributed by atoms with Crippen molar-refractivity contribution in [2.75, 3.05) is 20.2 Å². The van der Waals surface area contributed by atoms with Gasteiger partial charge < -0.3 is 10.1 Å². The number of benzene rings is 1. The number of ether oxygens (including phenoxy) is 1. The second-order valence-electron chi connectivity index (χ2n) is 5.17. The molecule has 2 rings (SSSR count). The van der Waals surface area contributed by atoms with Crippen molar-refractivity contribution < 1.29 is 13.9 Å². The van der Waals surface area contributed by atoms with Gasteiger partial charge in [0.2, 0.25) is 0 Å². The Labute approximate surface area is 113 Å². The Morgan fingerprint density at radius 1 is 1.53 bits per heavy atom. The number of halogens is 1. The summed E-state index contributed by atoms with van der Waals surface area (Å²) < 4.78 is 18.7. The number of rotatable bonds is 3. The van der Waals surface area contributed by atoms with Crippen LogP contribution >= 0.6 is 0 Å². The van der Waals surface area contributed by atoms with Gasteiger partial charge in [-0.15, -0.1) is 0 Å². The zero-order chi connectivity index (χ0) is 13.8. The molecule has 1 atom stereocenters. The van der Waals surface area contributed by atoms with Crippen molar-refractivity contribution in [1.29, 1.82) is 0 Å². The number of nitrogens with one attached hydrogen (secondary N) is 1. The number of hydrogen-bond acceptors (Lipinski definition) is 3. The molecule has 1 aromatic rings. The molecule has 19 heavy (non-hydrogen) atoms. The number of piperidine rings is 1. The zero-order valence-electron chi connectivity index (χ0n) is 11.5. The molecule has 1 aromatic carbocycles. The van der Waals surface area contributed by atoms with Gasteiger partial charge in [-0.1, -0.05) is 0 Å². The molecule has 0 aromatic heterocycles. The largest absolute Gasteiger partial charge is 0.465 e. The van der Waals surface area contributed by atoms with E-state index in [1.807, 2.05) is 0 Å². The fourth-order valence-electron chi connectivity index (χ4n) is 2.61. The highest BCUT2D eigenvalue weighted by Crippen LogP contribution is 2.22. The van der Waals surface area contributed by atoms with E-state index in [1.165, 1.54) is 13.2 Å². The first-order valence-corrected chi connectivity index (χ1v) is 6.70. The highest BCUT2D eigenvalue weighted by atomic mass is 19.1. The molecule has 1 fully saturated rings. The van der Waals surface area contributed by atoms with Gasteiger partial charge in [0.15, 0.2) is 0 Å². The molecule has 0 bridgehead atoms. The molecule has 0 saturated carbocycles. The molecule has 1 N–H and O–H groups in total. The maximum atomic E-state index is 14.0. The predicted octanol–water partition coefficient (Wildman–Crippen LogP) is 2.46. The molecular weight excluding hydrogens is 245 g/mol. The van der Waals surface area contributed by atoms with Gasteiger partial charge in [-0.2, -0.15) is 0 Å². The molecule has 3 nitrogen and oxygen atoms in total. The summed E-state index contributed by atoms with van der Waals surface area (Å²) >= 11 is 0. The summed E-state index contributed by atoms with van der Waals surface area (Å²) in [6.45, 7) is 3.68. The Morgan fingerprint density at radius 3 is 2.95 bits per heavy atom.